The molecular formula is C13H13BrFN3O2. The Kier molecular flexibility index (Phi) is 4.86. The number of halogens is 2. The van der Waals surface area contributed by atoms with E-state index in [-0.39, 0.29) is 24.5 Å². The Morgan fingerprint density at radius 3 is 2.95 bits per heavy atom. The first-order valence-electron chi connectivity index (χ1n) is 5.96. The summed E-state index contributed by atoms with van der Waals surface area (Å²) in [5.41, 5.74) is 0.952. The van der Waals surface area contributed by atoms with Crippen LogP contribution in [0.1, 0.15) is 5.56 Å². The summed E-state index contributed by atoms with van der Waals surface area (Å²) < 4.78 is 14.5. The Labute approximate surface area is 123 Å². The van der Waals surface area contributed by atoms with E-state index in [4.69, 9.17) is 5.11 Å². The van der Waals surface area contributed by atoms with Gasteiger partial charge in [0, 0.05) is 6.54 Å². The maximum Gasteiger partial charge on any atom is 0.283 e. The molecule has 1 aromatic heterocycles. The van der Waals surface area contributed by atoms with Gasteiger partial charge in [-0.1, -0.05) is 12.1 Å². The molecule has 0 bridgehead atoms. The molecule has 0 atom stereocenters. The monoisotopic (exact) mass is 341 g/mol. The van der Waals surface area contributed by atoms with Crippen molar-refractivity contribution in [1.82, 2.24) is 9.78 Å². The molecule has 2 N–H and O–H groups in total. The first-order chi connectivity index (χ1) is 9.61. The summed E-state index contributed by atoms with van der Waals surface area (Å²) >= 11 is 3.20. The molecule has 0 aliphatic carbocycles. The van der Waals surface area contributed by atoms with Gasteiger partial charge in [0.05, 0.1) is 25.0 Å². The van der Waals surface area contributed by atoms with E-state index in [0.29, 0.717) is 16.7 Å². The topological polar surface area (TPSA) is 67.2 Å². The highest BCUT2D eigenvalue weighted by molar-refractivity contribution is 9.10. The molecule has 1 heterocycles. The summed E-state index contributed by atoms with van der Waals surface area (Å²) in [4.78, 5) is 11.9. The Balaban J connectivity index is 2.14. The van der Waals surface area contributed by atoms with E-state index in [1.165, 1.54) is 18.3 Å². The smallest absolute Gasteiger partial charge is 0.283 e. The Hall–Kier alpha value is -1.73. The standard InChI is InChI=1S/C13H13BrFN3O2/c14-12-11(8-17-18(4-5-19)13(12)20)16-7-9-2-1-3-10(15)6-9/h1-3,6,8,16,19H,4-5,7H2. The van der Waals surface area contributed by atoms with Gasteiger partial charge in [-0.25, -0.2) is 9.07 Å². The predicted octanol–water partition coefficient (Wildman–Crippen LogP) is 1.75. The van der Waals surface area contributed by atoms with E-state index in [1.54, 1.807) is 12.1 Å². The van der Waals surface area contributed by atoms with Crippen LogP contribution in [0.4, 0.5) is 10.1 Å². The average Bonchev–Trinajstić information content (AvgIpc) is 2.43. The SMILES string of the molecule is O=c1c(Br)c(NCc2cccc(F)c2)cnn1CCO. The van der Waals surface area contributed by atoms with Crippen LogP contribution in [0.15, 0.2) is 39.7 Å². The molecule has 7 heteroatoms. The van der Waals surface area contributed by atoms with Crippen molar-refractivity contribution in [1.29, 1.82) is 0 Å². The van der Waals surface area contributed by atoms with Crippen molar-refractivity contribution < 1.29 is 9.50 Å². The van der Waals surface area contributed by atoms with E-state index >= 15 is 0 Å². The van der Waals surface area contributed by atoms with Crippen LogP contribution >= 0.6 is 15.9 Å². The van der Waals surface area contributed by atoms with Gasteiger partial charge in [0.1, 0.15) is 10.3 Å². The lowest BCUT2D eigenvalue weighted by Crippen LogP contribution is -2.25. The summed E-state index contributed by atoms with van der Waals surface area (Å²) in [5, 5.41) is 15.8. The molecular weight excluding hydrogens is 329 g/mol. The summed E-state index contributed by atoms with van der Waals surface area (Å²) in [6.07, 6.45) is 1.49. The predicted molar refractivity (Wildman–Crippen MR) is 77.0 cm³/mol. The molecule has 106 valence electrons. The minimum absolute atomic E-state index is 0.140. The number of nitrogens with zero attached hydrogens (tertiary/aromatic N) is 2. The van der Waals surface area contributed by atoms with Crippen LogP contribution in [0.3, 0.4) is 0 Å². The Morgan fingerprint density at radius 1 is 1.45 bits per heavy atom. The summed E-state index contributed by atoms with van der Waals surface area (Å²) in [6, 6.07) is 6.20. The van der Waals surface area contributed by atoms with Crippen LogP contribution < -0.4 is 10.9 Å². The fraction of sp³-hybridized carbons (Fsp3) is 0.231. The van der Waals surface area contributed by atoms with Crippen molar-refractivity contribution in [2.45, 2.75) is 13.1 Å². The van der Waals surface area contributed by atoms with Crippen LogP contribution in [-0.2, 0) is 13.1 Å². The first kappa shape index (κ1) is 14.7. The number of aliphatic hydroxyl groups is 1. The summed E-state index contributed by atoms with van der Waals surface area (Å²) in [5.74, 6) is -0.306. The minimum atomic E-state index is -0.330. The first-order valence-corrected chi connectivity index (χ1v) is 6.76. The second-order valence-electron chi connectivity index (χ2n) is 4.11. The number of benzene rings is 1. The molecule has 20 heavy (non-hydrogen) atoms. The lowest BCUT2D eigenvalue weighted by Gasteiger charge is -2.10. The van der Waals surface area contributed by atoms with E-state index in [9.17, 15) is 9.18 Å². The van der Waals surface area contributed by atoms with Gasteiger partial charge in [-0.05, 0) is 33.6 Å². The lowest BCUT2D eigenvalue weighted by molar-refractivity contribution is 0.266. The van der Waals surface area contributed by atoms with Crippen molar-refractivity contribution in [3.05, 3.63) is 56.7 Å². The van der Waals surface area contributed by atoms with Gasteiger partial charge >= 0.3 is 0 Å². The zero-order valence-electron chi connectivity index (χ0n) is 10.5. The molecule has 0 amide bonds. The molecule has 0 unspecified atom stereocenters. The third-order valence-corrected chi connectivity index (χ3v) is 3.44. The Bertz CT molecular complexity index is 660. The average molecular weight is 342 g/mol. The number of anilines is 1. The molecule has 0 spiro atoms. The van der Waals surface area contributed by atoms with Gasteiger partial charge in [-0.15, -0.1) is 0 Å². The zero-order valence-corrected chi connectivity index (χ0v) is 12.1. The quantitative estimate of drug-likeness (QED) is 0.869. The number of nitrogens with one attached hydrogen (secondary N) is 1. The van der Waals surface area contributed by atoms with Crippen LogP contribution in [0.25, 0.3) is 0 Å². The fourth-order valence-corrected chi connectivity index (χ4v) is 2.13. The molecule has 0 aliphatic rings. The highest BCUT2D eigenvalue weighted by Gasteiger charge is 2.08. The second-order valence-corrected chi connectivity index (χ2v) is 4.90. The molecule has 2 aromatic rings. The number of aliphatic hydroxyl groups excluding tert-OH is 1. The van der Waals surface area contributed by atoms with Gasteiger partial charge < -0.3 is 10.4 Å². The molecule has 0 saturated heterocycles. The van der Waals surface area contributed by atoms with Gasteiger partial charge in [-0.2, -0.15) is 5.10 Å². The van der Waals surface area contributed by atoms with Crippen LogP contribution in [0, 0.1) is 5.82 Å². The van der Waals surface area contributed by atoms with E-state index in [2.05, 4.69) is 26.3 Å². The molecule has 5 nitrogen and oxygen atoms in total. The maximum absolute atomic E-state index is 13.0. The molecule has 0 fully saturated rings. The number of hydrogen-bond acceptors (Lipinski definition) is 4. The minimum Gasteiger partial charge on any atom is -0.394 e. The lowest BCUT2D eigenvalue weighted by atomic mass is 10.2. The van der Waals surface area contributed by atoms with Gasteiger partial charge in [0.25, 0.3) is 5.56 Å². The van der Waals surface area contributed by atoms with Crippen LogP contribution in [0.2, 0.25) is 0 Å². The van der Waals surface area contributed by atoms with Crippen molar-refractivity contribution >= 4 is 21.6 Å². The Morgan fingerprint density at radius 2 is 2.25 bits per heavy atom. The maximum atomic E-state index is 13.0. The number of aromatic nitrogens is 2. The number of rotatable bonds is 5. The highest BCUT2D eigenvalue weighted by atomic mass is 79.9. The van der Waals surface area contributed by atoms with Crippen molar-refractivity contribution in [2.75, 3.05) is 11.9 Å². The van der Waals surface area contributed by atoms with Crippen molar-refractivity contribution in [3.63, 3.8) is 0 Å². The fourth-order valence-electron chi connectivity index (χ4n) is 1.69. The van der Waals surface area contributed by atoms with Crippen molar-refractivity contribution in [3.8, 4) is 0 Å². The third kappa shape index (κ3) is 3.43. The molecule has 0 saturated carbocycles. The molecule has 0 aliphatic heterocycles. The van der Waals surface area contributed by atoms with Crippen molar-refractivity contribution in [2.24, 2.45) is 0 Å². The normalized spacial score (nSPS) is 10.6. The van der Waals surface area contributed by atoms with Gasteiger partial charge in [0.2, 0.25) is 0 Å². The van der Waals surface area contributed by atoms with Gasteiger partial charge in [0.15, 0.2) is 0 Å². The molecule has 0 radical (unpaired) electrons. The summed E-state index contributed by atoms with van der Waals surface area (Å²) in [6.45, 7) is 0.360. The second kappa shape index (κ2) is 6.62. The third-order valence-electron chi connectivity index (χ3n) is 2.67. The van der Waals surface area contributed by atoms with E-state index < -0.39 is 0 Å². The largest absolute Gasteiger partial charge is 0.394 e. The van der Waals surface area contributed by atoms with E-state index in [1.807, 2.05) is 0 Å². The van der Waals surface area contributed by atoms with E-state index in [0.717, 1.165) is 10.2 Å². The number of hydrogen-bond donors (Lipinski definition) is 2. The molecule has 2 rings (SSSR count). The zero-order chi connectivity index (χ0) is 14.5. The summed E-state index contributed by atoms with van der Waals surface area (Å²) in [7, 11) is 0. The van der Waals surface area contributed by atoms with Gasteiger partial charge in [-0.3, -0.25) is 4.79 Å². The molecule has 1 aromatic carbocycles. The van der Waals surface area contributed by atoms with Crippen LogP contribution in [0.5, 0.6) is 0 Å². The van der Waals surface area contributed by atoms with Crippen LogP contribution in [-0.4, -0.2) is 21.5 Å². The highest BCUT2D eigenvalue weighted by Crippen LogP contribution is 2.17.